The summed E-state index contributed by atoms with van der Waals surface area (Å²) in [6.45, 7) is 7.95. The molecule has 4 rings (SSSR count). The van der Waals surface area contributed by atoms with Crippen LogP contribution in [0.5, 0.6) is 5.75 Å². The van der Waals surface area contributed by atoms with E-state index in [4.69, 9.17) is 16.3 Å². The zero-order chi connectivity index (χ0) is 27.6. The number of hydrogen-bond donors (Lipinski definition) is 3. The van der Waals surface area contributed by atoms with Crippen molar-refractivity contribution in [2.75, 3.05) is 24.3 Å². The molecule has 1 aliphatic rings. The number of hydrazine groups is 1. The standard InChI is InChI=1S/C30H37FN4O3/c1-5-24-17-35(16-22-13-23(31)8-11-28(22)38-24)15-21-12-20(7-6-18(21)2)26(14-29(36)37)25-9-10-27(34(4)33)30(32)19(25)3/h6-13,24,26H,5,14-17,32-33H2,1-4H3,(H,36,37). The average molecular weight is 521 g/mol. The van der Waals surface area contributed by atoms with Gasteiger partial charge in [-0.3, -0.25) is 9.69 Å². The highest BCUT2D eigenvalue weighted by Crippen LogP contribution is 2.37. The molecule has 0 fully saturated rings. The number of carboxylic acid groups (broad SMARTS) is 1. The van der Waals surface area contributed by atoms with Crippen molar-refractivity contribution in [1.82, 2.24) is 4.90 Å². The van der Waals surface area contributed by atoms with Crippen molar-refractivity contribution in [2.24, 2.45) is 5.84 Å². The highest BCUT2D eigenvalue weighted by molar-refractivity contribution is 5.74. The van der Waals surface area contributed by atoms with E-state index in [0.29, 0.717) is 31.0 Å². The third-order valence-corrected chi connectivity index (χ3v) is 7.46. The van der Waals surface area contributed by atoms with Gasteiger partial charge in [0.25, 0.3) is 0 Å². The smallest absolute Gasteiger partial charge is 0.304 e. The van der Waals surface area contributed by atoms with E-state index < -0.39 is 5.97 Å². The minimum absolute atomic E-state index is 0.00484. The Kier molecular flexibility index (Phi) is 8.23. The predicted octanol–water partition coefficient (Wildman–Crippen LogP) is 5.11. The molecule has 0 saturated carbocycles. The third-order valence-electron chi connectivity index (χ3n) is 7.46. The Morgan fingerprint density at radius 1 is 1.21 bits per heavy atom. The van der Waals surface area contributed by atoms with Crippen LogP contribution in [0.4, 0.5) is 15.8 Å². The number of carbonyl (C=O) groups is 1. The van der Waals surface area contributed by atoms with E-state index in [-0.39, 0.29) is 24.3 Å². The van der Waals surface area contributed by atoms with Crippen LogP contribution in [0.15, 0.2) is 48.5 Å². The maximum Gasteiger partial charge on any atom is 0.304 e. The van der Waals surface area contributed by atoms with Crippen molar-refractivity contribution in [1.29, 1.82) is 0 Å². The molecular weight excluding hydrogens is 483 g/mol. The van der Waals surface area contributed by atoms with Gasteiger partial charge in [-0.05, 0) is 72.4 Å². The van der Waals surface area contributed by atoms with Gasteiger partial charge >= 0.3 is 5.97 Å². The quantitative estimate of drug-likeness (QED) is 0.215. The zero-order valence-corrected chi connectivity index (χ0v) is 22.5. The molecule has 2 atom stereocenters. The van der Waals surface area contributed by atoms with Crippen LogP contribution < -0.4 is 21.3 Å². The molecule has 202 valence electrons. The summed E-state index contributed by atoms with van der Waals surface area (Å²) in [6, 6.07) is 14.6. The average Bonchev–Trinajstić information content (AvgIpc) is 3.03. The fourth-order valence-corrected chi connectivity index (χ4v) is 5.25. The topological polar surface area (TPSA) is 105 Å². The summed E-state index contributed by atoms with van der Waals surface area (Å²) < 4.78 is 20.2. The molecule has 3 aromatic carbocycles. The summed E-state index contributed by atoms with van der Waals surface area (Å²) >= 11 is 0. The first-order chi connectivity index (χ1) is 18.1. The lowest BCUT2D eigenvalue weighted by molar-refractivity contribution is -0.137. The molecule has 0 spiro atoms. The highest BCUT2D eigenvalue weighted by Gasteiger charge is 2.25. The Bertz CT molecular complexity index is 1330. The van der Waals surface area contributed by atoms with E-state index in [1.807, 2.05) is 31.2 Å². The second-order valence-corrected chi connectivity index (χ2v) is 10.2. The fourth-order valence-electron chi connectivity index (χ4n) is 5.25. The summed E-state index contributed by atoms with van der Waals surface area (Å²) in [4.78, 5) is 14.2. The van der Waals surface area contributed by atoms with Gasteiger partial charge in [0.15, 0.2) is 0 Å². The van der Waals surface area contributed by atoms with E-state index in [0.717, 1.165) is 45.6 Å². The van der Waals surface area contributed by atoms with Crippen molar-refractivity contribution < 1.29 is 19.0 Å². The van der Waals surface area contributed by atoms with Crippen molar-refractivity contribution >= 4 is 17.3 Å². The number of nitrogens with zero attached hydrogens (tertiary/aromatic N) is 2. The van der Waals surface area contributed by atoms with Gasteiger partial charge in [-0.2, -0.15) is 0 Å². The van der Waals surface area contributed by atoms with Crippen molar-refractivity contribution in [2.45, 2.75) is 58.7 Å². The Balaban J connectivity index is 1.69. The number of anilines is 2. The van der Waals surface area contributed by atoms with Gasteiger partial charge in [-0.15, -0.1) is 0 Å². The van der Waals surface area contributed by atoms with Crippen LogP contribution in [0.25, 0.3) is 0 Å². The third kappa shape index (κ3) is 5.92. The van der Waals surface area contributed by atoms with Crippen LogP contribution in [0.3, 0.4) is 0 Å². The zero-order valence-electron chi connectivity index (χ0n) is 22.5. The Morgan fingerprint density at radius 2 is 1.97 bits per heavy atom. The summed E-state index contributed by atoms with van der Waals surface area (Å²) in [6.07, 6.45) is 0.763. The Morgan fingerprint density at radius 3 is 2.66 bits per heavy atom. The first kappa shape index (κ1) is 27.4. The lowest BCUT2D eigenvalue weighted by Gasteiger charge is -2.26. The summed E-state index contributed by atoms with van der Waals surface area (Å²) in [5.74, 6) is 5.11. The first-order valence-electron chi connectivity index (χ1n) is 12.9. The van der Waals surface area contributed by atoms with E-state index in [9.17, 15) is 14.3 Å². The normalized spacial score (nSPS) is 16.3. The Hall–Kier alpha value is -3.62. The number of fused-ring (bicyclic) bond motifs is 1. The van der Waals surface area contributed by atoms with Gasteiger partial charge in [0.1, 0.15) is 17.7 Å². The number of aryl methyl sites for hydroxylation is 1. The first-order valence-corrected chi connectivity index (χ1v) is 12.9. The second-order valence-electron chi connectivity index (χ2n) is 10.2. The molecule has 38 heavy (non-hydrogen) atoms. The van der Waals surface area contributed by atoms with E-state index in [1.54, 1.807) is 19.2 Å². The van der Waals surface area contributed by atoms with Gasteiger partial charge in [0.2, 0.25) is 0 Å². The molecule has 3 aromatic rings. The molecule has 0 bridgehead atoms. The summed E-state index contributed by atoms with van der Waals surface area (Å²) in [5, 5.41) is 11.2. The minimum atomic E-state index is -0.885. The van der Waals surface area contributed by atoms with Crippen molar-refractivity contribution in [3.8, 4) is 5.75 Å². The summed E-state index contributed by atoms with van der Waals surface area (Å²) in [5.41, 5.74) is 13.2. The molecule has 1 heterocycles. The number of ether oxygens (including phenoxy) is 1. The number of aliphatic carboxylic acids is 1. The van der Waals surface area contributed by atoms with Crippen LogP contribution in [0.1, 0.15) is 59.1 Å². The second kappa shape index (κ2) is 11.4. The van der Waals surface area contributed by atoms with Crippen LogP contribution in [0.2, 0.25) is 0 Å². The molecule has 0 radical (unpaired) electrons. The van der Waals surface area contributed by atoms with Gasteiger partial charge in [0.05, 0.1) is 17.8 Å². The van der Waals surface area contributed by atoms with Crippen molar-refractivity contribution in [3.05, 3.63) is 87.7 Å². The molecule has 0 aromatic heterocycles. The number of halogens is 1. The summed E-state index contributed by atoms with van der Waals surface area (Å²) in [7, 11) is 1.72. The lowest BCUT2D eigenvalue weighted by Crippen LogP contribution is -2.32. The van der Waals surface area contributed by atoms with E-state index >= 15 is 0 Å². The van der Waals surface area contributed by atoms with Crippen LogP contribution in [-0.4, -0.2) is 35.7 Å². The molecular formula is C30H37FN4O3. The number of carboxylic acids is 1. The molecule has 7 nitrogen and oxygen atoms in total. The van der Waals surface area contributed by atoms with Crippen LogP contribution >= 0.6 is 0 Å². The molecule has 2 unspecified atom stereocenters. The van der Waals surface area contributed by atoms with Gasteiger partial charge in [-0.1, -0.05) is 31.2 Å². The maximum absolute atomic E-state index is 14.0. The molecule has 5 N–H and O–H groups in total. The van der Waals surface area contributed by atoms with E-state index in [2.05, 4.69) is 24.8 Å². The van der Waals surface area contributed by atoms with Crippen LogP contribution in [-0.2, 0) is 17.9 Å². The molecule has 0 aliphatic carbocycles. The number of hydrogen-bond acceptors (Lipinski definition) is 6. The van der Waals surface area contributed by atoms with Gasteiger partial charge in [0, 0.05) is 38.2 Å². The SMILES string of the molecule is CCC1CN(Cc2cc(C(CC(=O)O)c3ccc(N(C)N)c(N)c3C)ccc2C)Cc2cc(F)ccc2O1. The number of rotatable bonds is 8. The largest absolute Gasteiger partial charge is 0.489 e. The molecule has 0 amide bonds. The monoisotopic (exact) mass is 520 g/mol. The van der Waals surface area contributed by atoms with Gasteiger partial charge in [-0.25, -0.2) is 10.2 Å². The molecule has 0 saturated heterocycles. The fraction of sp³-hybridized carbons (Fsp3) is 0.367. The number of nitrogen functional groups attached to an aromatic ring is 1. The van der Waals surface area contributed by atoms with Crippen LogP contribution in [0, 0.1) is 19.7 Å². The minimum Gasteiger partial charge on any atom is -0.489 e. The number of nitrogens with two attached hydrogens (primary N) is 2. The van der Waals surface area contributed by atoms with Crippen molar-refractivity contribution in [3.63, 3.8) is 0 Å². The van der Waals surface area contributed by atoms with E-state index in [1.165, 1.54) is 11.1 Å². The molecule has 8 heteroatoms. The maximum atomic E-state index is 14.0. The van der Waals surface area contributed by atoms with Gasteiger partial charge < -0.3 is 20.6 Å². The number of benzene rings is 3. The highest BCUT2D eigenvalue weighted by atomic mass is 19.1. The predicted molar refractivity (Wildman–Crippen MR) is 149 cm³/mol. The lowest BCUT2D eigenvalue weighted by atomic mass is 9.84. The molecule has 1 aliphatic heterocycles. The Labute approximate surface area is 223 Å².